The van der Waals surface area contributed by atoms with E-state index in [-0.39, 0.29) is 22.8 Å². The van der Waals surface area contributed by atoms with Crippen molar-refractivity contribution in [2.24, 2.45) is 15.4 Å². The van der Waals surface area contributed by atoms with Crippen LogP contribution in [0.2, 0.25) is 0 Å². The van der Waals surface area contributed by atoms with Crippen LogP contribution in [0.5, 0.6) is 0 Å². The maximum atomic E-state index is 12.3. The van der Waals surface area contributed by atoms with E-state index in [1.807, 2.05) is 13.8 Å². The Kier molecular flexibility index (Phi) is 2.45. The summed E-state index contributed by atoms with van der Waals surface area (Å²) in [7, 11) is 0. The molecule has 0 fully saturated rings. The van der Waals surface area contributed by atoms with Gasteiger partial charge in [0.25, 0.3) is 5.91 Å². The molecule has 0 radical (unpaired) electrons. The first-order chi connectivity index (χ1) is 8.49. The molecule has 1 aliphatic carbocycles. The molecule has 0 aromatic carbocycles. The van der Waals surface area contributed by atoms with Gasteiger partial charge in [0.05, 0.1) is 0 Å². The third kappa shape index (κ3) is 1.63. The van der Waals surface area contributed by atoms with E-state index in [1.165, 1.54) is 11.8 Å². The van der Waals surface area contributed by atoms with Gasteiger partial charge >= 0.3 is 0 Å². The van der Waals surface area contributed by atoms with Gasteiger partial charge in [-0.2, -0.15) is 0 Å². The third-order valence-electron chi connectivity index (χ3n) is 3.39. The molecule has 18 heavy (non-hydrogen) atoms. The van der Waals surface area contributed by atoms with Crippen LogP contribution in [-0.4, -0.2) is 29.1 Å². The summed E-state index contributed by atoms with van der Waals surface area (Å²) in [6.07, 6.45) is 1.65. The second-order valence-corrected chi connectivity index (χ2v) is 6.26. The summed E-state index contributed by atoms with van der Waals surface area (Å²) in [6.45, 7) is 4.14. The molecule has 0 aromatic heterocycles. The zero-order chi connectivity index (χ0) is 12.9. The van der Waals surface area contributed by atoms with Gasteiger partial charge in [-0.3, -0.25) is 14.6 Å². The van der Waals surface area contributed by atoms with E-state index in [2.05, 4.69) is 15.3 Å². The Morgan fingerprint density at radius 3 is 2.89 bits per heavy atom. The Morgan fingerprint density at radius 1 is 1.33 bits per heavy atom. The first-order valence-corrected chi connectivity index (χ1v) is 6.68. The van der Waals surface area contributed by atoms with E-state index in [0.717, 1.165) is 17.7 Å². The molecule has 1 amide bonds. The number of rotatable bonds is 0. The quantitative estimate of drug-likeness (QED) is 0.715. The topological polar surface area (TPSA) is 70.9 Å². The Hall–Kier alpha value is -1.43. The number of amides is 1. The number of carbonyl (C=O) groups is 2. The van der Waals surface area contributed by atoms with E-state index in [4.69, 9.17) is 0 Å². The number of Topliss-reactive ketones (excluding diaryl/α,β-unsaturated/α-hetero) is 1. The molecule has 2 heterocycles. The molecule has 0 saturated heterocycles. The van der Waals surface area contributed by atoms with E-state index in [1.54, 1.807) is 0 Å². The summed E-state index contributed by atoms with van der Waals surface area (Å²) in [6, 6.07) is 0. The van der Waals surface area contributed by atoms with Crippen LogP contribution in [0, 0.1) is 5.41 Å². The van der Waals surface area contributed by atoms with Crippen LogP contribution in [0.25, 0.3) is 0 Å². The Morgan fingerprint density at radius 2 is 2.11 bits per heavy atom. The number of aliphatic imine (C=N–C) groups is 2. The molecule has 6 heteroatoms. The van der Waals surface area contributed by atoms with E-state index in [0.29, 0.717) is 17.4 Å². The normalized spacial score (nSPS) is 25.9. The number of fused-ring (bicyclic) bond motifs is 1. The summed E-state index contributed by atoms with van der Waals surface area (Å²) in [5, 5.41) is 3.25. The van der Waals surface area contributed by atoms with Crippen molar-refractivity contribution in [3.63, 3.8) is 0 Å². The minimum absolute atomic E-state index is 0.0289. The molecule has 3 rings (SSSR count). The van der Waals surface area contributed by atoms with Gasteiger partial charge in [-0.05, 0) is 12.8 Å². The fourth-order valence-electron chi connectivity index (χ4n) is 2.16. The van der Waals surface area contributed by atoms with Gasteiger partial charge in [-0.1, -0.05) is 25.6 Å². The third-order valence-corrected chi connectivity index (χ3v) is 4.55. The first kappa shape index (κ1) is 11.6. The number of nitrogens with zero attached hydrogens (tertiary/aromatic N) is 2. The second kappa shape index (κ2) is 3.78. The molecule has 0 atom stereocenters. The van der Waals surface area contributed by atoms with Gasteiger partial charge < -0.3 is 5.32 Å². The van der Waals surface area contributed by atoms with E-state index < -0.39 is 0 Å². The van der Waals surface area contributed by atoms with Crippen molar-refractivity contribution in [2.75, 3.05) is 6.67 Å². The molecule has 0 spiro atoms. The van der Waals surface area contributed by atoms with Gasteiger partial charge in [-0.25, -0.2) is 4.99 Å². The van der Waals surface area contributed by atoms with Gasteiger partial charge in [0.15, 0.2) is 11.5 Å². The monoisotopic (exact) mass is 263 g/mol. The van der Waals surface area contributed by atoms with Crippen molar-refractivity contribution >= 4 is 34.2 Å². The van der Waals surface area contributed by atoms with Crippen LogP contribution in [0.15, 0.2) is 20.6 Å². The average Bonchev–Trinajstić information content (AvgIpc) is 2.34. The molecule has 0 saturated carbocycles. The number of hydrogen-bond donors (Lipinski definition) is 1. The molecule has 0 aromatic rings. The lowest BCUT2D eigenvalue weighted by molar-refractivity contribution is -0.124. The van der Waals surface area contributed by atoms with Crippen molar-refractivity contribution in [2.45, 2.75) is 26.7 Å². The standard InChI is InChI=1S/C12H13N3O2S/c1-12(2)4-3-6-7(9(12)16)15-8-10(17)13-5-14-11(8)18-6/h3-5H2,1-2H3,(H,13,17). The molecule has 0 unspecified atom stereocenters. The van der Waals surface area contributed by atoms with Crippen LogP contribution in [-0.2, 0) is 9.59 Å². The lowest BCUT2D eigenvalue weighted by Crippen LogP contribution is -2.42. The maximum Gasteiger partial charge on any atom is 0.274 e. The minimum atomic E-state index is -0.386. The minimum Gasteiger partial charge on any atom is -0.331 e. The smallest absolute Gasteiger partial charge is 0.274 e. The first-order valence-electron chi connectivity index (χ1n) is 5.86. The zero-order valence-corrected chi connectivity index (χ0v) is 11.1. The fraction of sp³-hybridized carbons (Fsp3) is 0.500. The summed E-state index contributed by atoms with van der Waals surface area (Å²) in [5.41, 5.74) is 0.363. The van der Waals surface area contributed by atoms with Gasteiger partial charge in [0, 0.05) is 10.3 Å². The Balaban J connectivity index is 2.08. The highest BCUT2D eigenvalue weighted by molar-refractivity contribution is 8.19. The van der Waals surface area contributed by atoms with Crippen LogP contribution < -0.4 is 5.32 Å². The highest BCUT2D eigenvalue weighted by atomic mass is 32.2. The van der Waals surface area contributed by atoms with Crippen molar-refractivity contribution in [1.82, 2.24) is 5.32 Å². The molecule has 1 N–H and O–H groups in total. The lowest BCUT2D eigenvalue weighted by atomic mass is 9.78. The predicted octanol–water partition coefficient (Wildman–Crippen LogP) is 1.26. The van der Waals surface area contributed by atoms with Gasteiger partial charge in [0.1, 0.15) is 17.4 Å². The van der Waals surface area contributed by atoms with Crippen LogP contribution in [0.4, 0.5) is 0 Å². The van der Waals surface area contributed by atoms with Crippen molar-refractivity contribution in [3.8, 4) is 0 Å². The number of nitrogens with one attached hydrogen (secondary N) is 1. The number of allylic oxidation sites excluding steroid dienone is 2. The number of hydrogen-bond acceptors (Lipinski definition) is 5. The van der Waals surface area contributed by atoms with Crippen LogP contribution in [0.3, 0.4) is 0 Å². The van der Waals surface area contributed by atoms with Crippen molar-refractivity contribution in [1.29, 1.82) is 0 Å². The van der Waals surface area contributed by atoms with Gasteiger partial charge in [-0.15, -0.1) is 0 Å². The molecular formula is C12H13N3O2S. The fourth-order valence-corrected chi connectivity index (χ4v) is 3.20. The molecule has 2 aliphatic heterocycles. The highest BCUT2D eigenvalue weighted by Crippen LogP contribution is 2.43. The SMILES string of the molecule is CC1(C)CCC2=C(N=C3C(=O)NCN=C3S2)C1=O. The zero-order valence-electron chi connectivity index (χ0n) is 10.2. The summed E-state index contributed by atoms with van der Waals surface area (Å²) in [4.78, 5) is 33.5. The van der Waals surface area contributed by atoms with E-state index >= 15 is 0 Å². The predicted molar refractivity (Wildman–Crippen MR) is 70.5 cm³/mol. The van der Waals surface area contributed by atoms with Gasteiger partial charge in [0.2, 0.25) is 0 Å². The Labute approximate surface area is 109 Å². The van der Waals surface area contributed by atoms with Crippen LogP contribution >= 0.6 is 11.8 Å². The van der Waals surface area contributed by atoms with Crippen molar-refractivity contribution < 1.29 is 9.59 Å². The lowest BCUT2D eigenvalue weighted by Gasteiger charge is -2.32. The van der Waals surface area contributed by atoms with E-state index in [9.17, 15) is 9.59 Å². The highest BCUT2D eigenvalue weighted by Gasteiger charge is 2.40. The average molecular weight is 263 g/mol. The summed E-state index contributed by atoms with van der Waals surface area (Å²) in [5.74, 6) is -0.212. The van der Waals surface area contributed by atoms with Crippen molar-refractivity contribution in [3.05, 3.63) is 10.6 Å². The molecular weight excluding hydrogens is 250 g/mol. The Bertz CT molecular complexity index is 558. The molecule has 94 valence electrons. The summed E-state index contributed by atoms with van der Waals surface area (Å²) < 4.78 is 0. The maximum absolute atomic E-state index is 12.3. The van der Waals surface area contributed by atoms with Crippen LogP contribution in [0.1, 0.15) is 26.7 Å². The number of carbonyl (C=O) groups excluding carboxylic acids is 2. The summed E-state index contributed by atoms with van der Waals surface area (Å²) >= 11 is 1.42. The largest absolute Gasteiger partial charge is 0.331 e. The molecule has 3 aliphatic rings. The second-order valence-electron chi connectivity index (χ2n) is 5.17. The molecule has 5 nitrogen and oxygen atoms in total. The number of ketones is 1. The number of thioether (sulfide) groups is 1. The molecule has 0 bridgehead atoms.